The van der Waals surface area contributed by atoms with Crippen molar-refractivity contribution >= 4 is 32.7 Å². The Hall–Kier alpha value is -2.42. The van der Waals surface area contributed by atoms with E-state index in [0.717, 1.165) is 0 Å². The minimum atomic E-state index is -3.84. The highest BCUT2D eigenvalue weighted by Crippen LogP contribution is 2.21. The summed E-state index contributed by atoms with van der Waals surface area (Å²) in [6, 6.07) is 9.73. The Labute approximate surface area is 147 Å². The summed E-state index contributed by atoms with van der Waals surface area (Å²) in [4.78, 5) is 27.6. The Kier molecular flexibility index (Phi) is 4.51. The van der Waals surface area contributed by atoms with Crippen molar-refractivity contribution in [3.05, 3.63) is 73.3 Å². The Balaban J connectivity index is 2.00. The number of H-pyrrole nitrogens is 2. The Bertz CT molecular complexity index is 1180. The minimum absolute atomic E-state index is 0.00903. The fraction of sp³-hybridized carbons (Fsp3) is 0.125. The summed E-state index contributed by atoms with van der Waals surface area (Å²) in [6.07, 6.45) is 0. The van der Waals surface area contributed by atoms with E-state index in [-0.39, 0.29) is 17.0 Å². The highest BCUT2D eigenvalue weighted by molar-refractivity contribution is 7.89. The smallest absolute Gasteiger partial charge is 0.314 e. The number of aromatic amines is 2. The van der Waals surface area contributed by atoms with Crippen molar-refractivity contribution in [2.75, 3.05) is 0 Å². The summed E-state index contributed by atoms with van der Waals surface area (Å²) in [5.41, 5.74) is 0.0225. The molecule has 9 heteroatoms. The normalized spacial score (nSPS) is 11.8. The van der Waals surface area contributed by atoms with Crippen molar-refractivity contribution in [2.24, 2.45) is 0 Å². The van der Waals surface area contributed by atoms with Gasteiger partial charge in [0.1, 0.15) is 0 Å². The molecule has 2 aromatic carbocycles. The maximum absolute atomic E-state index is 12.6. The molecule has 0 aliphatic heterocycles. The molecule has 0 saturated carbocycles. The van der Waals surface area contributed by atoms with Gasteiger partial charge in [0.15, 0.2) is 0 Å². The lowest BCUT2D eigenvalue weighted by Gasteiger charge is -2.11. The highest BCUT2D eigenvalue weighted by Gasteiger charge is 2.18. The molecule has 1 aromatic heterocycles. The van der Waals surface area contributed by atoms with Gasteiger partial charge in [0.2, 0.25) is 10.0 Å². The molecule has 1 heterocycles. The van der Waals surface area contributed by atoms with Gasteiger partial charge in [0.25, 0.3) is 0 Å². The van der Waals surface area contributed by atoms with Crippen LogP contribution in [0.25, 0.3) is 11.0 Å². The summed E-state index contributed by atoms with van der Waals surface area (Å²) in [5.74, 6) is 0. The van der Waals surface area contributed by atoms with Crippen LogP contribution in [0.2, 0.25) is 5.02 Å². The molecule has 0 aliphatic rings. The van der Waals surface area contributed by atoms with Crippen molar-refractivity contribution in [2.45, 2.75) is 18.4 Å². The third-order valence-electron chi connectivity index (χ3n) is 3.72. The Morgan fingerprint density at radius 3 is 2.28 bits per heavy atom. The summed E-state index contributed by atoms with van der Waals surface area (Å²) >= 11 is 6.03. The van der Waals surface area contributed by atoms with Gasteiger partial charge in [0, 0.05) is 11.6 Å². The number of benzene rings is 2. The monoisotopic (exact) mass is 379 g/mol. The molecule has 0 aliphatic carbocycles. The predicted molar refractivity (Wildman–Crippen MR) is 95.4 cm³/mol. The van der Waals surface area contributed by atoms with E-state index in [1.54, 1.807) is 31.2 Å². The second-order valence-electron chi connectivity index (χ2n) is 5.49. The molecule has 7 nitrogen and oxygen atoms in total. The summed E-state index contributed by atoms with van der Waals surface area (Å²) in [5, 5.41) is 0.460. The molecule has 3 aromatic rings. The standard InChI is InChI=1S/C16H14ClN3O4S/c1-9-6-12-13(20-16(22)15(21)19-12)7-14(9)25(23,24)18-8-10-4-2-3-5-11(10)17/h2-7,18H,8H2,1H3,(H,19,21)(H,20,22). The number of aromatic nitrogens is 2. The predicted octanol–water partition coefficient (Wildman–Crippen LogP) is 1.66. The number of fused-ring (bicyclic) bond motifs is 1. The van der Waals surface area contributed by atoms with Crippen molar-refractivity contribution in [3.8, 4) is 0 Å². The number of hydrogen-bond donors (Lipinski definition) is 3. The van der Waals surface area contributed by atoms with Gasteiger partial charge >= 0.3 is 11.1 Å². The molecule has 3 N–H and O–H groups in total. The van der Waals surface area contributed by atoms with Crippen molar-refractivity contribution in [1.29, 1.82) is 0 Å². The minimum Gasteiger partial charge on any atom is -0.316 e. The third kappa shape index (κ3) is 3.51. The van der Waals surface area contributed by atoms with E-state index < -0.39 is 21.1 Å². The molecule has 25 heavy (non-hydrogen) atoms. The zero-order chi connectivity index (χ0) is 18.2. The molecule has 0 unspecified atom stereocenters. The molecule has 0 atom stereocenters. The number of hydrogen-bond acceptors (Lipinski definition) is 4. The Morgan fingerprint density at radius 1 is 1.04 bits per heavy atom. The molecule has 130 valence electrons. The number of sulfonamides is 1. The maximum atomic E-state index is 12.6. The van der Waals surface area contributed by atoms with Crippen LogP contribution in [0.1, 0.15) is 11.1 Å². The van der Waals surface area contributed by atoms with Gasteiger partial charge < -0.3 is 9.97 Å². The van der Waals surface area contributed by atoms with Gasteiger partial charge in [0.05, 0.1) is 15.9 Å². The first-order valence-corrected chi connectivity index (χ1v) is 9.14. The van der Waals surface area contributed by atoms with E-state index in [1.807, 2.05) is 0 Å². The van der Waals surface area contributed by atoms with Crippen LogP contribution in [0.3, 0.4) is 0 Å². The summed E-state index contributed by atoms with van der Waals surface area (Å²) < 4.78 is 27.7. The van der Waals surface area contributed by atoms with E-state index in [0.29, 0.717) is 21.7 Å². The second kappa shape index (κ2) is 6.47. The van der Waals surface area contributed by atoms with Gasteiger partial charge in [-0.3, -0.25) is 9.59 Å². The fourth-order valence-corrected chi connectivity index (χ4v) is 3.89. The van der Waals surface area contributed by atoms with Gasteiger partial charge in [-0.05, 0) is 36.2 Å². The van der Waals surface area contributed by atoms with E-state index >= 15 is 0 Å². The lowest BCUT2D eigenvalue weighted by molar-refractivity contribution is 0.581. The van der Waals surface area contributed by atoms with Crippen LogP contribution in [0, 0.1) is 6.92 Å². The number of nitrogens with one attached hydrogen (secondary N) is 3. The van der Waals surface area contributed by atoms with Crippen molar-refractivity contribution < 1.29 is 8.42 Å². The molecule has 0 saturated heterocycles. The number of halogens is 1. The van der Waals surface area contributed by atoms with Gasteiger partial charge in [-0.2, -0.15) is 0 Å². The molecular formula is C16H14ClN3O4S. The zero-order valence-electron chi connectivity index (χ0n) is 13.1. The summed E-state index contributed by atoms with van der Waals surface area (Å²) in [6.45, 7) is 1.63. The van der Waals surface area contributed by atoms with Gasteiger partial charge in [-0.1, -0.05) is 29.8 Å². The van der Waals surface area contributed by atoms with Gasteiger partial charge in [-0.15, -0.1) is 0 Å². The molecule has 0 radical (unpaired) electrons. The molecule has 0 spiro atoms. The molecule has 0 amide bonds. The van der Waals surface area contributed by atoms with E-state index in [1.165, 1.54) is 12.1 Å². The van der Waals surface area contributed by atoms with Crippen LogP contribution >= 0.6 is 11.6 Å². The van der Waals surface area contributed by atoms with Crippen LogP contribution in [-0.4, -0.2) is 18.4 Å². The van der Waals surface area contributed by atoms with E-state index in [2.05, 4.69) is 14.7 Å². The SMILES string of the molecule is Cc1cc2[nH]c(=O)c(=O)[nH]c2cc1S(=O)(=O)NCc1ccccc1Cl. The average molecular weight is 380 g/mol. The van der Waals surface area contributed by atoms with Crippen molar-refractivity contribution in [1.82, 2.24) is 14.7 Å². The maximum Gasteiger partial charge on any atom is 0.314 e. The fourth-order valence-electron chi connectivity index (χ4n) is 2.43. The van der Waals surface area contributed by atoms with E-state index in [4.69, 9.17) is 11.6 Å². The van der Waals surface area contributed by atoms with Gasteiger partial charge in [-0.25, -0.2) is 13.1 Å². The Morgan fingerprint density at radius 2 is 1.64 bits per heavy atom. The third-order valence-corrected chi connectivity index (χ3v) is 5.63. The first kappa shape index (κ1) is 17.4. The van der Waals surface area contributed by atoms with Crippen LogP contribution < -0.4 is 15.8 Å². The number of aryl methyl sites for hydroxylation is 1. The molecular weight excluding hydrogens is 366 g/mol. The molecule has 3 rings (SSSR count). The quantitative estimate of drug-likeness (QED) is 0.598. The van der Waals surface area contributed by atoms with Crippen LogP contribution in [0.4, 0.5) is 0 Å². The highest BCUT2D eigenvalue weighted by atomic mass is 35.5. The van der Waals surface area contributed by atoms with E-state index in [9.17, 15) is 18.0 Å². The number of rotatable bonds is 4. The molecule has 0 fully saturated rings. The average Bonchev–Trinajstić information content (AvgIpc) is 2.55. The lowest BCUT2D eigenvalue weighted by atomic mass is 10.2. The first-order valence-electron chi connectivity index (χ1n) is 7.28. The topological polar surface area (TPSA) is 112 Å². The van der Waals surface area contributed by atoms with Crippen LogP contribution in [0.5, 0.6) is 0 Å². The summed E-state index contributed by atoms with van der Waals surface area (Å²) in [7, 11) is -3.84. The van der Waals surface area contributed by atoms with Crippen LogP contribution in [-0.2, 0) is 16.6 Å². The van der Waals surface area contributed by atoms with Crippen molar-refractivity contribution in [3.63, 3.8) is 0 Å². The zero-order valence-corrected chi connectivity index (χ0v) is 14.7. The second-order valence-corrected chi connectivity index (χ2v) is 7.63. The molecule has 0 bridgehead atoms. The largest absolute Gasteiger partial charge is 0.316 e. The first-order chi connectivity index (χ1) is 11.8. The lowest BCUT2D eigenvalue weighted by Crippen LogP contribution is -2.29. The van der Waals surface area contributed by atoms with Crippen LogP contribution in [0.15, 0.2) is 50.9 Å².